The van der Waals surface area contributed by atoms with E-state index in [1.54, 1.807) is 58.9 Å². The number of para-hydroxylation sites is 1. The molecule has 4 saturated carbocycles. The largest absolute Gasteiger partial charge is 0.514 e. The fraction of sp³-hybridized carbons (Fsp3) is 0.615. The second-order valence-corrected chi connectivity index (χ2v) is 23.7. The minimum Gasteiger partial charge on any atom is -0.488 e. The molecule has 5 fully saturated rings. The van der Waals surface area contributed by atoms with Gasteiger partial charge in [0, 0.05) is 36.4 Å². The Labute approximate surface area is 456 Å². The summed E-state index contributed by atoms with van der Waals surface area (Å²) in [7, 11) is -4.50. The van der Waals surface area contributed by atoms with Crippen molar-refractivity contribution in [2.75, 3.05) is 13.2 Å². The molecule has 1 aliphatic heterocycles. The van der Waals surface area contributed by atoms with Crippen LogP contribution in [0.15, 0.2) is 48.5 Å². The van der Waals surface area contributed by atoms with Crippen molar-refractivity contribution in [3.8, 4) is 17.4 Å². The zero-order valence-corrected chi connectivity index (χ0v) is 45.6. The SMILES string of the molecule is CCOc1cc(O[C@@H]2C[C@@H](C(=O)C[C@]3(C(=O)NS(=O)(=O)OC4(C)CC4)C[C@H]3CC)N(C(=O)[C@@H](CC(=O)OC3(C(F)(F)F)CCC3)C(C)(C)C)C2)c2cccc(Cl)c2n1.O=C(Oc1ccc([N+](=O)[O-])cc1)OC1(C(F)(F)F)CCC1. The number of halogens is 7. The normalized spacial score (nSPS) is 23.1. The lowest BCUT2D eigenvalue weighted by Crippen LogP contribution is -2.54. The number of fused-ring (bicyclic) bond motifs is 1. The van der Waals surface area contributed by atoms with Crippen molar-refractivity contribution in [1.29, 1.82) is 0 Å². The number of benzene rings is 2. The van der Waals surface area contributed by atoms with E-state index in [0.717, 1.165) is 24.3 Å². The molecule has 3 aromatic rings. The number of carbonyl (C=O) groups excluding carboxylic acids is 5. The Morgan fingerprint density at radius 2 is 1.52 bits per heavy atom. The van der Waals surface area contributed by atoms with Gasteiger partial charge in [-0.2, -0.15) is 34.8 Å². The quantitative estimate of drug-likeness (QED) is 0.0385. The van der Waals surface area contributed by atoms with Crippen LogP contribution in [0.25, 0.3) is 10.9 Å². The summed E-state index contributed by atoms with van der Waals surface area (Å²) in [6, 6.07) is 9.76. The van der Waals surface area contributed by atoms with Crippen molar-refractivity contribution in [2.45, 2.75) is 166 Å². The molecule has 0 spiro atoms. The molecule has 5 aliphatic rings. The summed E-state index contributed by atoms with van der Waals surface area (Å²) >= 11 is 6.49. The Balaban J connectivity index is 0.000000359. The number of nitro groups is 1. The summed E-state index contributed by atoms with van der Waals surface area (Å²) in [5, 5.41) is 11.3. The molecule has 434 valence electrons. The topological polar surface area (TPSA) is 246 Å². The number of pyridine rings is 1. The molecule has 1 N–H and O–H groups in total. The van der Waals surface area contributed by atoms with E-state index in [9.17, 15) is 68.8 Å². The lowest BCUT2D eigenvalue weighted by atomic mass is 9.77. The number of alkyl halides is 6. The number of non-ortho nitro benzene ring substituents is 1. The number of aromatic nitrogens is 1. The van der Waals surface area contributed by atoms with Crippen molar-refractivity contribution >= 4 is 68.2 Å². The average molecular weight is 1160 g/mol. The standard InChI is InChI=1S/C40H51ClF3N3O10S.C12H10F3NO5/c1-7-23-20-38(23,35(51)46-58(52,53)57-37(6)15-16-37)21-29(48)28-17-24(55-30-19-31(54-8-2)45-33-25(30)11-9-12-27(33)41)22-47(28)34(50)26(36(3,4)5)18-32(49)56-39(13-10-14-39)40(42,43)44;13-12(14,15)11(6-1-7-11)21-10(17)20-9-4-2-8(3-5-9)16(18)19/h9,11-12,19,23-24,26,28H,7-8,10,13-18,20-22H2,1-6H3,(H,46,51);2-5H,1,6-7H2/t23-,24-,26-,28+,38-;/m1./s1. The van der Waals surface area contributed by atoms with Gasteiger partial charge in [0.1, 0.15) is 17.6 Å². The van der Waals surface area contributed by atoms with Gasteiger partial charge in [-0.3, -0.25) is 29.3 Å². The van der Waals surface area contributed by atoms with Crippen LogP contribution < -0.4 is 18.9 Å². The molecule has 1 aromatic heterocycles. The molecule has 0 unspecified atom stereocenters. The highest BCUT2D eigenvalue weighted by molar-refractivity contribution is 7.85. The van der Waals surface area contributed by atoms with E-state index in [2.05, 4.69) is 14.5 Å². The Kier molecular flexibility index (Phi) is 17.3. The molecule has 79 heavy (non-hydrogen) atoms. The van der Waals surface area contributed by atoms with Crippen molar-refractivity contribution < 1.29 is 91.5 Å². The smallest absolute Gasteiger partial charge is 0.488 e. The van der Waals surface area contributed by atoms with Crippen LogP contribution in [0.1, 0.15) is 125 Å². The molecule has 2 heterocycles. The number of nitrogens with one attached hydrogen (secondary N) is 1. The lowest BCUT2D eigenvalue weighted by molar-refractivity contribution is -0.384. The number of Topliss-reactive ketones (excluding diaryl/α,β-unsaturated/α-hetero) is 1. The predicted molar refractivity (Wildman–Crippen MR) is 268 cm³/mol. The van der Waals surface area contributed by atoms with Crippen LogP contribution in [-0.4, -0.2) is 107 Å². The molecule has 19 nitrogen and oxygen atoms in total. The zero-order valence-electron chi connectivity index (χ0n) is 44.1. The number of hydrogen-bond donors (Lipinski definition) is 1. The summed E-state index contributed by atoms with van der Waals surface area (Å²) in [5.74, 6) is -4.48. The molecule has 0 radical (unpaired) electrons. The average Bonchev–Trinajstić information content (AvgIpc) is 4.38. The Morgan fingerprint density at radius 1 is 0.911 bits per heavy atom. The number of hydrogen-bond acceptors (Lipinski definition) is 16. The number of rotatable bonds is 19. The van der Waals surface area contributed by atoms with Crippen LogP contribution >= 0.6 is 11.6 Å². The summed E-state index contributed by atoms with van der Waals surface area (Å²) < 4.78 is 139. The van der Waals surface area contributed by atoms with Gasteiger partial charge in [-0.25, -0.2) is 18.7 Å². The predicted octanol–water partition coefficient (Wildman–Crippen LogP) is 10.6. The van der Waals surface area contributed by atoms with E-state index >= 15 is 0 Å². The summed E-state index contributed by atoms with van der Waals surface area (Å²) in [5.41, 5.74) is -8.23. The minimum atomic E-state index is -4.79. The van der Waals surface area contributed by atoms with E-state index < -0.39 is 116 Å². The number of esters is 1. The summed E-state index contributed by atoms with van der Waals surface area (Å²) in [6.07, 6.45) is -12.0. The molecule has 8 rings (SSSR count). The number of ketones is 1. The van der Waals surface area contributed by atoms with Gasteiger partial charge in [-0.05, 0) is 107 Å². The van der Waals surface area contributed by atoms with Crippen LogP contribution in [0.5, 0.6) is 17.4 Å². The molecular formula is C52H61ClF6N4O15S. The van der Waals surface area contributed by atoms with E-state index in [0.29, 0.717) is 47.4 Å². The van der Waals surface area contributed by atoms with Crippen LogP contribution in [-0.2, 0) is 43.1 Å². The highest BCUT2D eigenvalue weighted by atomic mass is 35.5. The lowest BCUT2D eigenvalue weighted by Gasteiger charge is -2.42. The summed E-state index contributed by atoms with van der Waals surface area (Å²) in [6.45, 7) is 10.3. The molecule has 5 atom stereocenters. The molecule has 0 bridgehead atoms. The third-order valence-electron chi connectivity index (χ3n) is 15.3. The van der Waals surface area contributed by atoms with E-state index in [1.807, 2.05) is 11.6 Å². The maximum atomic E-state index is 14.7. The van der Waals surface area contributed by atoms with E-state index in [4.69, 9.17) is 30.0 Å². The van der Waals surface area contributed by atoms with Crippen molar-refractivity contribution in [2.24, 2.45) is 22.7 Å². The van der Waals surface area contributed by atoms with Gasteiger partial charge in [-0.15, -0.1) is 0 Å². The van der Waals surface area contributed by atoms with E-state index in [1.165, 1.54) is 4.90 Å². The van der Waals surface area contributed by atoms with Gasteiger partial charge in [0.25, 0.3) is 5.69 Å². The number of likely N-dealkylation sites (tertiary alicyclic amines) is 1. The first-order valence-corrected chi connectivity index (χ1v) is 27.5. The third-order valence-corrected chi connectivity index (χ3v) is 16.7. The molecule has 2 aromatic carbocycles. The van der Waals surface area contributed by atoms with E-state index in [-0.39, 0.29) is 81.3 Å². The molecule has 2 amide bonds. The summed E-state index contributed by atoms with van der Waals surface area (Å²) in [4.78, 5) is 83.2. The fourth-order valence-corrected chi connectivity index (χ4v) is 11.3. The third kappa shape index (κ3) is 13.6. The van der Waals surface area contributed by atoms with Gasteiger partial charge in [0.15, 0.2) is 5.78 Å². The van der Waals surface area contributed by atoms with Gasteiger partial charge in [0.2, 0.25) is 28.9 Å². The van der Waals surface area contributed by atoms with Gasteiger partial charge in [-0.1, -0.05) is 51.8 Å². The van der Waals surface area contributed by atoms with Crippen LogP contribution in [0.4, 0.5) is 36.8 Å². The maximum Gasteiger partial charge on any atom is 0.514 e. The molecule has 27 heteroatoms. The number of nitro benzene ring substituents is 1. The van der Waals surface area contributed by atoms with Crippen LogP contribution in [0.2, 0.25) is 5.02 Å². The van der Waals surface area contributed by atoms with Crippen LogP contribution in [0.3, 0.4) is 0 Å². The first-order valence-electron chi connectivity index (χ1n) is 25.7. The number of carbonyl (C=O) groups is 5. The maximum absolute atomic E-state index is 14.7. The molecule has 1 saturated heterocycles. The van der Waals surface area contributed by atoms with Crippen LogP contribution in [0, 0.1) is 32.8 Å². The highest BCUT2D eigenvalue weighted by Gasteiger charge is 2.64. The second-order valence-electron chi connectivity index (χ2n) is 22.0. The van der Waals surface area contributed by atoms with Gasteiger partial charge in [0.05, 0.1) is 58.0 Å². The van der Waals surface area contributed by atoms with Gasteiger partial charge >= 0.3 is 34.8 Å². The minimum absolute atomic E-state index is 0.0638. The van der Waals surface area contributed by atoms with Gasteiger partial charge < -0.3 is 28.6 Å². The first kappa shape index (κ1) is 60.6. The first-order chi connectivity index (χ1) is 36.7. The number of ether oxygens (including phenoxy) is 5. The number of amides is 2. The fourth-order valence-electron chi connectivity index (χ4n) is 9.96. The second kappa shape index (κ2) is 22.5. The Hall–Kier alpha value is -6.02. The Bertz CT molecular complexity index is 2950. The van der Waals surface area contributed by atoms with Crippen molar-refractivity contribution in [3.63, 3.8) is 0 Å². The van der Waals surface area contributed by atoms with Crippen molar-refractivity contribution in [3.05, 3.63) is 63.7 Å². The monoisotopic (exact) mass is 1160 g/mol. The van der Waals surface area contributed by atoms with Crippen molar-refractivity contribution in [1.82, 2.24) is 14.6 Å². The highest BCUT2D eigenvalue weighted by Crippen LogP contribution is 2.58. The zero-order chi connectivity index (χ0) is 58.3. The number of nitrogens with zero attached hydrogens (tertiary/aromatic N) is 3. The molecule has 4 aliphatic carbocycles. The Morgan fingerprint density at radius 3 is 2.03 bits per heavy atom. The molecular weight excluding hydrogens is 1100 g/mol.